The number of rotatable bonds is 14. The molecule has 1 N–H and O–H groups in total. The Kier molecular flexibility index (Phi) is 12.6. The van der Waals surface area contributed by atoms with E-state index in [1.54, 1.807) is 0 Å². The minimum absolute atomic E-state index is 0.120. The van der Waals surface area contributed by atoms with Crippen LogP contribution in [0.25, 0.3) is 0 Å². The average Bonchev–Trinajstić information content (AvgIpc) is 2.82. The van der Waals surface area contributed by atoms with Crippen LogP contribution in [0.15, 0.2) is 12.2 Å². The first-order valence-electron chi connectivity index (χ1n) is 13.4. The number of carbonyl (C=O) groups excluding carboxylic acids is 1. The highest BCUT2D eigenvalue weighted by Gasteiger charge is 2.37. The number of aliphatic hydroxyl groups excluding tert-OH is 1. The minimum atomic E-state index is -1.01. The van der Waals surface area contributed by atoms with E-state index in [2.05, 4.69) is 26.6 Å². The van der Waals surface area contributed by atoms with E-state index in [1.165, 1.54) is 70.3 Å². The second-order valence-electron chi connectivity index (χ2n) is 11.1. The molecule has 2 aliphatic carbocycles. The molecule has 0 atom stereocenters. The number of carbonyl (C=O) groups is 1. The zero-order valence-electron chi connectivity index (χ0n) is 21.2. The summed E-state index contributed by atoms with van der Waals surface area (Å²) >= 11 is 0. The first-order valence-corrected chi connectivity index (χ1v) is 16.7. The summed E-state index contributed by atoms with van der Waals surface area (Å²) in [5.41, 5.74) is 1.19. The molecule has 5 heteroatoms. The van der Waals surface area contributed by atoms with Crippen LogP contribution in [0.4, 0.5) is 0 Å². The van der Waals surface area contributed by atoms with Crippen molar-refractivity contribution in [2.75, 3.05) is 19.8 Å². The molecule has 0 heterocycles. The van der Waals surface area contributed by atoms with Gasteiger partial charge in [-0.05, 0) is 62.3 Å². The van der Waals surface area contributed by atoms with Crippen LogP contribution in [-0.2, 0) is 14.3 Å². The summed E-state index contributed by atoms with van der Waals surface area (Å²) in [5, 5.41) is 8.84. The second-order valence-corrected chi connectivity index (χ2v) is 16.4. The molecule has 0 saturated heterocycles. The monoisotopic (exact) mass is 466 g/mol. The molecule has 0 radical (unpaired) electrons. The highest BCUT2D eigenvalue weighted by molar-refractivity contribution is 6.78. The van der Waals surface area contributed by atoms with Gasteiger partial charge >= 0.3 is 5.97 Å². The van der Waals surface area contributed by atoms with Crippen LogP contribution in [0, 0.1) is 11.8 Å². The molecule has 0 spiro atoms. The van der Waals surface area contributed by atoms with E-state index in [4.69, 9.17) is 14.6 Å². The first kappa shape index (κ1) is 27.6. The number of ether oxygens (including phenoxy) is 2. The van der Waals surface area contributed by atoms with E-state index in [1.807, 2.05) is 0 Å². The fourth-order valence-corrected chi connectivity index (χ4v) is 9.47. The summed E-state index contributed by atoms with van der Waals surface area (Å²) in [4.78, 5) is 11.4. The van der Waals surface area contributed by atoms with Crippen molar-refractivity contribution >= 4 is 14.0 Å². The molecule has 32 heavy (non-hydrogen) atoms. The van der Waals surface area contributed by atoms with Crippen LogP contribution < -0.4 is 0 Å². The maximum atomic E-state index is 11.4. The van der Waals surface area contributed by atoms with Crippen molar-refractivity contribution in [3.8, 4) is 0 Å². The van der Waals surface area contributed by atoms with Gasteiger partial charge in [0, 0.05) is 6.61 Å². The van der Waals surface area contributed by atoms with E-state index >= 15 is 0 Å². The van der Waals surface area contributed by atoms with Crippen molar-refractivity contribution in [3.05, 3.63) is 12.2 Å². The first-order chi connectivity index (χ1) is 15.4. The van der Waals surface area contributed by atoms with Crippen LogP contribution in [0.2, 0.25) is 24.7 Å². The topological polar surface area (TPSA) is 55.8 Å². The molecule has 2 aliphatic rings. The summed E-state index contributed by atoms with van der Waals surface area (Å²) in [7, 11) is -1.01. The Labute approximate surface area is 198 Å². The third-order valence-corrected chi connectivity index (χ3v) is 12.7. The Balaban J connectivity index is 1.52. The molecule has 0 amide bonds. The lowest BCUT2D eigenvalue weighted by atomic mass is 9.73. The Hall–Kier alpha value is -0.653. The Morgan fingerprint density at radius 3 is 2.09 bits per heavy atom. The molecule has 2 saturated carbocycles. The summed E-state index contributed by atoms with van der Waals surface area (Å²) in [6.45, 7) is 12.0. The van der Waals surface area contributed by atoms with Crippen molar-refractivity contribution in [1.82, 2.24) is 0 Å². The fourth-order valence-electron chi connectivity index (χ4n) is 5.90. The maximum Gasteiger partial charge on any atom is 0.335 e. The van der Waals surface area contributed by atoms with Gasteiger partial charge in [0.25, 0.3) is 0 Å². The number of hydrogen-bond acceptors (Lipinski definition) is 4. The fraction of sp³-hybridized carbons (Fsp3) is 0.889. The lowest BCUT2D eigenvalue weighted by molar-refractivity contribution is -0.139. The number of esters is 1. The van der Waals surface area contributed by atoms with Gasteiger partial charge in [-0.25, -0.2) is 4.79 Å². The highest BCUT2D eigenvalue weighted by atomic mass is 28.3. The molecule has 0 aromatic rings. The van der Waals surface area contributed by atoms with E-state index in [0.717, 1.165) is 43.2 Å². The summed E-state index contributed by atoms with van der Waals surface area (Å²) < 4.78 is 11.2. The van der Waals surface area contributed by atoms with Gasteiger partial charge in [0.05, 0.1) is 33.0 Å². The minimum Gasteiger partial charge on any atom is -0.462 e. The second kappa shape index (κ2) is 14.6. The molecule has 2 fully saturated rings. The number of hydrogen-bond donors (Lipinski definition) is 1. The van der Waals surface area contributed by atoms with Crippen LogP contribution in [0.1, 0.15) is 90.4 Å². The van der Waals surface area contributed by atoms with Gasteiger partial charge in [0.2, 0.25) is 0 Å². The van der Waals surface area contributed by atoms with E-state index in [9.17, 15) is 4.79 Å². The van der Waals surface area contributed by atoms with Gasteiger partial charge in [0.15, 0.2) is 0 Å². The highest BCUT2D eigenvalue weighted by Crippen LogP contribution is 2.46. The van der Waals surface area contributed by atoms with Gasteiger partial charge < -0.3 is 14.6 Å². The number of aliphatic hydroxyl groups is 1. The van der Waals surface area contributed by atoms with Gasteiger partial charge in [0.1, 0.15) is 0 Å². The van der Waals surface area contributed by atoms with Gasteiger partial charge in [-0.15, -0.1) is 0 Å². The molecule has 186 valence electrons. The van der Waals surface area contributed by atoms with Gasteiger partial charge in [-0.3, -0.25) is 0 Å². The Morgan fingerprint density at radius 1 is 0.906 bits per heavy atom. The van der Waals surface area contributed by atoms with Gasteiger partial charge in [-0.2, -0.15) is 0 Å². The lowest BCUT2D eigenvalue weighted by Gasteiger charge is -2.42. The van der Waals surface area contributed by atoms with Crippen molar-refractivity contribution < 1.29 is 19.4 Å². The molecule has 0 bridgehead atoms. The van der Waals surface area contributed by atoms with Crippen molar-refractivity contribution in [1.29, 1.82) is 0 Å². The molecule has 0 unspecified atom stereocenters. The van der Waals surface area contributed by atoms with Crippen molar-refractivity contribution in [2.45, 2.75) is 121 Å². The van der Waals surface area contributed by atoms with E-state index in [-0.39, 0.29) is 12.2 Å². The molecule has 0 aromatic heterocycles. The molecule has 4 nitrogen and oxygen atoms in total. The van der Waals surface area contributed by atoms with Crippen molar-refractivity contribution in [3.63, 3.8) is 0 Å². The third kappa shape index (κ3) is 9.30. The molecular weight excluding hydrogens is 416 g/mol. The Morgan fingerprint density at radius 2 is 1.50 bits per heavy atom. The Bertz CT molecular complexity index is 546. The SMILES string of the molecule is C=C(CO)C(=O)OCCCCCOC1CCC(C2CCC([Si](C)(C)CCCC)CC2)CC1. The van der Waals surface area contributed by atoms with Crippen LogP contribution in [-0.4, -0.2) is 45.1 Å². The summed E-state index contributed by atoms with van der Waals surface area (Å²) in [6, 6.07) is 1.53. The largest absolute Gasteiger partial charge is 0.462 e. The average molecular weight is 467 g/mol. The third-order valence-electron chi connectivity index (χ3n) is 8.29. The normalized spacial score (nSPS) is 26.6. The predicted octanol–water partition coefficient (Wildman–Crippen LogP) is 6.89. The van der Waals surface area contributed by atoms with Crippen LogP contribution >= 0.6 is 0 Å². The molecule has 2 rings (SSSR count). The van der Waals surface area contributed by atoms with Crippen molar-refractivity contribution in [2.24, 2.45) is 11.8 Å². The summed E-state index contributed by atoms with van der Waals surface area (Å²) in [6.07, 6.45) is 17.3. The molecule has 0 aliphatic heterocycles. The molecular formula is C27H50O4Si. The molecule has 0 aromatic carbocycles. The lowest BCUT2D eigenvalue weighted by Crippen LogP contribution is -2.36. The smallest absolute Gasteiger partial charge is 0.335 e. The van der Waals surface area contributed by atoms with E-state index in [0.29, 0.717) is 12.7 Å². The standard InChI is InChI=1S/C27H50O4Si/c1-5-6-20-32(3,4)26-16-12-24(13-17-26)23-10-14-25(15-11-23)30-18-8-7-9-19-31-27(29)22(2)21-28/h23-26,28H,2,5-21H2,1,3-4H3. The predicted molar refractivity (Wildman–Crippen MR) is 136 cm³/mol. The zero-order chi connectivity index (χ0) is 23.4. The van der Waals surface area contributed by atoms with Gasteiger partial charge in [-0.1, -0.05) is 71.2 Å². The number of unbranched alkanes of at least 4 members (excludes halogenated alkanes) is 3. The van der Waals surface area contributed by atoms with Crippen LogP contribution in [0.5, 0.6) is 0 Å². The zero-order valence-corrected chi connectivity index (χ0v) is 22.2. The van der Waals surface area contributed by atoms with Crippen LogP contribution in [0.3, 0.4) is 0 Å². The quantitative estimate of drug-likeness (QED) is 0.131. The van der Waals surface area contributed by atoms with E-state index < -0.39 is 14.0 Å². The maximum absolute atomic E-state index is 11.4. The summed E-state index contributed by atoms with van der Waals surface area (Å²) in [5.74, 6) is 1.43.